The van der Waals surface area contributed by atoms with Crippen LogP contribution >= 0.6 is 0 Å². The average Bonchev–Trinajstić information content (AvgIpc) is 3.19. The number of benzene rings is 5. The molecule has 274 valence electrons. The first-order chi connectivity index (χ1) is 25.8. The van der Waals surface area contributed by atoms with Crippen LogP contribution in [0.25, 0.3) is 0 Å². The monoisotopic (exact) mass is 726 g/mol. The third kappa shape index (κ3) is 10.8. The third-order valence-corrected chi connectivity index (χ3v) is 10.0. The van der Waals surface area contributed by atoms with Gasteiger partial charge in [0.2, 0.25) is 0 Å². The van der Waals surface area contributed by atoms with Crippen molar-refractivity contribution in [2.45, 2.75) is 82.2 Å². The van der Waals surface area contributed by atoms with Gasteiger partial charge >= 0.3 is 0 Å². The number of rotatable bonds is 15. The second-order valence-electron chi connectivity index (χ2n) is 14.5. The quantitative estimate of drug-likeness (QED) is 0.0863. The highest BCUT2D eigenvalue weighted by atomic mass is 28.3. The van der Waals surface area contributed by atoms with E-state index in [0.29, 0.717) is 25.4 Å². The molecule has 5 aromatic carbocycles. The molecule has 1 N–H and O–H groups in total. The summed E-state index contributed by atoms with van der Waals surface area (Å²) in [7, 11) is -1.97. The summed E-state index contributed by atoms with van der Waals surface area (Å²) in [5.41, 5.74) is 6.39. The molecule has 6 rings (SSSR count). The van der Waals surface area contributed by atoms with E-state index >= 15 is 0 Å². The molecule has 0 amide bonds. The van der Waals surface area contributed by atoms with Crippen LogP contribution < -0.4 is 0 Å². The smallest absolute Gasteiger partial charge is 0.179 e. The SMILES string of the molecule is C[Si](C)(C)C#C[C@@](O)(c1ccccc1)[C@@H]1O[C@H](COCc2ccccc2)[C@@H](OCc2ccccc2)[C@H](OCc2ccccc2)[C@H]1OCc1ccccc1. The van der Waals surface area contributed by atoms with Crippen LogP contribution in [0.1, 0.15) is 27.8 Å². The van der Waals surface area contributed by atoms with Crippen molar-refractivity contribution < 1.29 is 28.8 Å². The summed E-state index contributed by atoms with van der Waals surface area (Å²) in [5, 5.41) is 13.1. The molecule has 1 fully saturated rings. The number of ether oxygens (including phenoxy) is 5. The van der Waals surface area contributed by atoms with Gasteiger partial charge in [0.25, 0.3) is 0 Å². The maximum absolute atomic E-state index is 13.1. The highest BCUT2D eigenvalue weighted by Crippen LogP contribution is 2.39. The Labute approximate surface area is 315 Å². The summed E-state index contributed by atoms with van der Waals surface area (Å²) in [5.74, 6) is 3.34. The molecule has 0 aliphatic carbocycles. The van der Waals surface area contributed by atoms with Crippen molar-refractivity contribution in [1.29, 1.82) is 0 Å². The van der Waals surface area contributed by atoms with E-state index in [0.717, 1.165) is 22.3 Å². The Morgan fingerprint density at radius 2 is 0.943 bits per heavy atom. The first-order valence-corrected chi connectivity index (χ1v) is 21.8. The molecule has 1 aliphatic rings. The first-order valence-electron chi connectivity index (χ1n) is 18.3. The molecule has 53 heavy (non-hydrogen) atoms. The summed E-state index contributed by atoms with van der Waals surface area (Å²) in [6, 6.07) is 49.7. The van der Waals surface area contributed by atoms with E-state index in [1.807, 2.05) is 152 Å². The van der Waals surface area contributed by atoms with Gasteiger partial charge in [-0.05, 0) is 27.8 Å². The normalized spacial score (nSPS) is 21.2. The van der Waals surface area contributed by atoms with Crippen molar-refractivity contribution in [3.8, 4) is 11.5 Å². The molecular formula is C46H50O6Si. The van der Waals surface area contributed by atoms with Crippen molar-refractivity contribution in [1.82, 2.24) is 0 Å². The predicted molar refractivity (Wildman–Crippen MR) is 211 cm³/mol. The van der Waals surface area contributed by atoms with Gasteiger partial charge in [-0.15, -0.1) is 5.54 Å². The van der Waals surface area contributed by atoms with Crippen LogP contribution in [-0.2, 0) is 55.7 Å². The maximum Gasteiger partial charge on any atom is 0.179 e. The van der Waals surface area contributed by atoms with E-state index in [1.165, 1.54) is 0 Å². The Balaban J connectivity index is 1.45. The van der Waals surface area contributed by atoms with Gasteiger partial charge in [-0.25, -0.2) is 0 Å². The molecule has 5 aromatic rings. The lowest BCUT2D eigenvalue weighted by molar-refractivity contribution is -0.296. The lowest BCUT2D eigenvalue weighted by atomic mass is 9.80. The van der Waals surface area contributed by atoms with Crippen molar-refractivity contribution in [3.05, 3.63) is 179 Å². The van der Waals surface area contributed by atoms with Gasteiger partial charge in [-0.2, -0.15) is 0 Å². The van der Waals surface area contributed by atoms with Crippen molar-refractivity contribution in [2.24, 2.45) is 0 Å². The van der Waals surface area contributed by atoms with E-state index in [1.54, 1.807) is 0 Å². The zero-order chi connectivity index (χ0) is 36.9. The topological polar surface area (TPSA) is 66.4 Å². The van der Waals surface area contributed by atoms with Crippen molar-refractivity contribution in [2.75, 3.05) is 6.61 Å². The molecule has 1 aliphatic heterocycles. The van der Waals surface area contributed by atoms with E-state index in [2.05, 4.69) is 31.1 Å². The largest absolute Gasteiger partial charge is 0.374 e. The Morgan fingerprint density at radius 3 is 1.40 bits per heavy atom. The zero-order valence-corrected chi connectivity index (χ0v) is 31.8. The molecule has 1 saturated heterocycles. The molecule has 0 saturated carbocycles. The molecule has 6 atom stereocenters. The predicted octanol–water partition coefficient (Wildman–Crippen LogP) is 8.50. The van der Waals surface area contributed by atoms with Crippen molar-refractivity contribution in [3.63, 3.8) is 0 Å². The molecular weight excluding hydrogens is 677 g/mol. The minimum absolute atomic E-state index is 0.188. The molecule has 0 radical (unpaired) electrons. The first kappa shape index (κ1) is 38.4. The van der Waals surface area contributed by atoms with Gasteiger partial charge in [0, 0.05) is 0 Å². The summed E-state index contributed by atoms with van der Waals surface area (Å²) in [4.78, 5) is 0. The van der Waals surface area contributed by atoms with Gasteiger partial charge < -0.3 is 28.8 Å². The van der Waals surface area contributed by atoms with E-state index in [4.69, 9.17) is 23.7 Å². The standard InChI is InChI=1S/C46H50O6Si/c1-53(2,3)30-29-46(47,40-27-17-8-18-28-40)45-44(51-34-39-25-15-7-16-26-39)43(50-33-38-23-13-6-14-24-38)42(49-32-37-21-11-5-12-22-37)41(52-45)35-48-31-36-19-9-4-10-20-36/h4-28,41-45,47H,31-35H2,1-3H3/t41-,42-,43+,44-,45-,46-/m1/s1. The minimum Gasteiger partial charge on any atom is -0.374 e. The summed E-state index contributed by atoms with van der Waals surface area (Å²) >= 11 is 0. The maximum atomic E-state index is 13.1. The fourth-order valence-electron chi connectivity index (χ4n) is 6.41. The number of hydrogen-bond acceptors (Lipinski definition) is 6. The Kier molecular flexibility index (Phi) is 13.5. The van der Waals surface area contributed by atoms with Crippen LogP contribution in [0.15, 0.2) is 152 Å². The molecule has 0 unspecified atom stereocenters. The highest BCUT2D eigenvalue weighted by molar-refractivity contribution is 6.83. The Bertz CT molecular complexity index is 1860. The van der Waals surface area contributed by atoms with Crippen LogP contribution in [0.5, 0.6) is 0 Å². The molecule has 1 heterocycles. The van der Waals surface area contributed by atoms with E-state index < -0.39 is 44.2 Å². The lowest BCUT2D eigenvalue weighted by Crippen LogP contribution is -2.66. The van der Waals surface area contributed by atoms with Gasteiger partial charge in [-0.3, -0.25) is 0 Å². The van der Waals surface area contributed by atoms with Crippen LogP contribution in [0.2, 0.25) is 19.6 Å². The highest BCUT2D eigenvalue weighted by Gasteiger charge is 2.56. The third-order valence-electron chi connectivity index (χ3n) is 9.14. The summed E-state index contributed by atoms with van der Waals surface area (Å²) in [6.07, 6.45) is -3.73. The second kappa shape index (κ2) is 18.6. The van der Waals surface area contributed by atoms with Crippen LogP contribution in [0.4, 0.5) is 0 Å². The van der Waals surface area contributed by atoms with E-state index in [-0.39, 0.29) is 13.2 Å². The van der Waals surface area contributed by atoms with Crippen LogP contribution in [0, 0.1) is 11.5 Å². The number of hydrogen-bond donors (Lipinski definition) is 1. The second-order valence-corrected chi connectivity index (χ2v) is 19.3. The molecule has 6 nitrogen and oxygen atoms in total. The fourth-order valence-corrected chi connectivity index (χ4v) is 6.97. The molecule has 0 spiro atoms. The molecule has 7 heteroatoms. The average molecular weight is 727 g/mol. The summed E-state index contributed by atoms with van der Waals surface area (Å²) < 4.78 is 34.2. The zero-order valence-electron chi connectivity index (χ0n) is 30.8. The summed E-state index contributed by atoms with van der Waals surface area (Å²) in [6.45, 7) is 7.96. The fraction of sp³-hybridized carbons (Fsp3) is 0.304. The van der Waals surface area contributed by atoms with Crippen LogP contribution in [0.3, 0.4) is 0 Å². The lowest BCUT2D eigenvalue weighted by Gasteiger charge is -2.49. The van der Waals surface area contributed by atoms with Gasteiger partial charge in [-0.1, -0.05) is 177 Å². The number of aliphatic hydroxyl groups is 1. The van der Waals surface area contributed by atoms with E-state index in [9.17, 15) is 5.11 Å². The minimum atomic E-state index is -1.97. The van der Waals surface area contributed by atoms with Gasteiger partial charge in [0.1, 0.15) is 38.6 Å². The molecule has 0 aromatic heterocycles. The van der Waals surface area contributed by atoms with Crippen molar-refractivity contribution >= 4 is 8.07 Å². The Morgan fingerprint density at radius 1 is 0.547 bits per heavy atom. The van der Waals surface area contributed by atoms with Gasteiger partial charge in [0.05, 0.1) is 33.0 Å². The van der Waals surface area contributed by atoms with Crippen LogP contribution in [-0.4, -0.2) is 50.3 Å². The molecule has 0 bridgehead atoms. The van der Waals surface area contributed by atoms with Gasteiger partial charge in [0.15, 0.2) is 5.60 Å². The Hall–Kier alpha value is -4.36.